The fourth-order valence-electron chi connectivity index (χ4n) is 8.16. The summed E-state index contributed by atoms with van der Waals surface area (Å²) in [6.45, 7) is 18.1. The molecule has 0 unspecified atom stereocenters. The van der Waals surface area contributed by atoms with E-state index in [1.165, 1.54) is 12.1 Å². The molecule has 15 nitrogen and oxygen atoms in total. The molecule has 0 bridgehead atoms. The van der Waals surface area contributed by atoms with E-state index < -0.39 is 5.82 Å². The number of hydrogen-bond donors (Lipinski definition) is 4. The molecule has 6 aromatic rings. The normalized spacial score (nSPS) is 13.6. The van der Waals surface area contributed by atoms with Gasteiger partial charge in [0.25, 0.3) is 11.8 Å². The summed E-state index contributed by atoms with van der Waals surface area (Å²) in [4.78, 5) is 53.6. The summed E-state index contributed by atoms with van der Waals surface area (Å²) in [5, 5.41) is 8.36. The van der Waals surface area contributed by atoms with Crippen molar-refractivity contribution in [2.45, 2.75) is 40.8 Å². The number of carbonyl (C=O) groups excluding carboxylic acids is 2. The van der Waals surface area contributed by atoms with Crippen LogP contribution in [0.25, 0.3) is 0 Å². The molecule has 4 N–H and O–H groups in total. The minimum atomic E-state index is -0.439. The van der Waals surface area contributed by atoms with E-state index >= 15 is 0 Å². The molecule has 2 amide bonds. The van der Waals surface area contributed by atoms with Gasteiger partial charge >= 0.3 is 0 Å². The molecule has 2 fully saturated rings. The lowest BCUT2D eigenvalue weighted by atomic mass is 10.1. The maximum Gasteiger partial charge on any atom is 0.258 e. The van der Waals surface area contributed by atoms with Crippen molar-refractivity contribution in [3.8, 4) is 5.75 Å². The van der Waals surface area contributed by atoms with Gasteiger partial charge in [-0.1, -0.05) is 39.8 Å². The van der Waals surface area contributed by atoms with E-state index in [1.54, 1.807) is 66.2 Å². The number of nitrogens with zero attached hydrogens (tertiary/aromatic N) is 8. The number of benzene rings is 4. The van der Waals surface area contributed by atoms with Crippen molar-refractivity contribution in [3.63, 3.8) is 0 Å². The van der Waals surface area contributed by atoms with Crippen molar-refractivity contribution in [2.75, 3.05) is 92.2 Å². The molecule has 0 radical (unpaired) electrons. The van der Waals surface area contributed by atoms with Crippen LogP contribution >= 0.6 is 24.4 Å². The SMILES string of the molecule is CC(C)CNC(=S)N1CCN(c2ccc(N(Cc3cnc[nH]3)C(=O)c3cccc(F)c3)cc2)CC1.COc1cccc(C(=O)N(Cc2cnc[nH]2)c2ccc(N3CCN(C(=S)NCC(C)C)CC3)cc2)c1. The lowest BCUT2D eigenvalue weighted by Gasteiger charge is -2.37. The van der Waals surface area contributed by atoms with Crippen LogP contribution in [0.4, 0.5) is 27.1 Å². The highest BCUT2D eigenvalue weighted by Crippen LogP contribution is 2.27. The van der Waals surface area contributed by atoms with Gasteiger partial charge in [-0.3, -0.25) is 9.59 Å². The van der Waals surface area contributed by atoms with Gasteiger partial charge in [0, 0.05) is 112 Å². The number of halogens is 1. The molecule has 2 aliphatic rings. The van der Waals surface area contributed by atoms with E-state index in [2.05, 4.69) is 90.0 Å². The molecular formula is C53H65FN12O3S2. The van der Waals surface area contributed by atoms with Gasteiger partial charge in [-0.25, -0.2) is 14.4 Å². The Labute approximate surface area is 427 Å². The Bertz CT molecular complexity index is 2630. The van der Waals surface area contributed by atoms with E-state index in [0.717, 1.165) is 110 Å². The number of rotatable bonds is 15. The van der Waals surface area contributed by atoms with E-state index in [1.807, 2.05) is 48.5 Å². The minimum absolute atomic E-state index is 0.104. The number of ether oxygens (including phenoxy) is 1. The molecule has 0 saturated carbocycles. The number of carbonyl (C=O) groups is 2. The summed E-state index contributed by atoms with van der Waals surface area (Å²) in [5.41, 5.74) is 6.28. The second-order valence-electron chi connectivity index (χ2n) is 18.3. The smallest absolute Gasteiger partial charge is 0.258 e. The number of imidazole rings is 2. The van der Waals surface area contributed by atoms with Crippen molar-refractivity contribution in [3.05, 3.63) is 150 Å². The molecular weight excluding hydrogens is 936 g/mol. The number of aromatic nitrogens is 4. The zero-order valence-corrected chi connectivity index (χ0v) is 42.8. The highest BCUT2D eigenvalue weighted by molar-refractivity contribution is 7.80. The van der Waals surface area contributed by atoms with Gasteiger partial charge in [0.05, 0.1) is 44.2 Å². The number of thiocarbonyl (C=S) groups is 2. The summed E-state index contributed by atoms with van der Waals surface area (Å²) in [7, 11) is 1.60. The molecule has 0 spiro atoms. The van der Waals surface area contributed by atoms with Gasteiger partial charge in [-0.05, 0) is 121 Å². The number of H-pyrrole nitrogens is 2. The molecule has 0 atom stereocenters. The highest BCUT2D eigenvalue weighted by Gasteiger charge is 2.24. The van der Waals surface area contributed by atoms with E-state index in [0.29, 0.717) is 41.8 Å². The number of amides is 2. The minimum Gasteiger partial charge on any atom is -0.497 e. The predicted molar refractivity (Wildman–Crippen MR) is 289 cm³/mol. The zero-order valence-electron chi connectivity index (χ0n) is 41.2. The first kappa shape index (κ1) is 51.8. The van der Waals surface area contributed by atoms with Crippen LogP contribution in [-0.4, -0.2) is 124 Å². The maximum absolute atomic E-state index is 13.8. The van der Waals surface area contributed by atoms with Crippen LogP contribution in [-0.2, 0) is 13.1 Å². The summed E-state index contributed by atoms with van der Waals surface area (Å²) in [6, 6.07) is 29.1. The van der Waals surface area contributed by atoms with E-state index in [9.17, 15) is 14.0 Å². The van der Waals surface area contributed by atoms with Crippen LogP contribution in [0.3, 0.4) is 0 Å². The van der Waals surface area contributed by atoms with Crippen LogP contribution in [0.5, 0.6) is 5.75 Å². The third-order valence-corrected chi connectivity index (χ3v) is 13.0. The first-order valence-electron chi connectivity index (χ1n) is 24.1. The summed E-state index contributed by atoms with van der Waals surface area (Å²) >= 11 is 11.1. The Balaban J connectivity index is 0.000000209. The lowest BCUT2D eigenvalue weighted by molar-refractivity contribution is 0.0977. The van der Waals surface area contributed by atoms with Crippen LogP contribution in [0, 0.1) is 17.7 Å². The molecule has 2 saturated heterocycles. The van der Waals surface area contributed by atoms with Crippen molar-refractivity contribution in [1.29, 1.82) is 0 Å². The van der Waals surface area contributed by atoms with Gasteiger partial charge < -0.3 is 54.7 Å². The van der Waals surface area contributed by atoms with Crippen molar-refractivity contribution in [1.82, 2.24) is 40.4 Å². The molecule has 18 heteroatoms. The summed E-state index contributed by atoms with van der Waals surface area (Å²) < 4.78 is 19.1. The van der Waals surface area contributed by atoms with Gasteiger partial charge in [0.15, 0.2) is 10.2 Å². The lowest BCUT2D eigenvalue weighted by Crippen LogP contribution is -2.52. The monoisotopic (exact) mass is 1000 g/mol. The average Bonchev–Trinajstić information content (AvgIpc) is 4.13. The molecule has 2 aliphatic heterocycles. The second kappa shape index (κ2) is 25.2. The fourth-order valence-corrected chi connectivity index (χ4v) is 8.69. The zero-order chi connectivity index (χ0) is 50.3. The molecule has 2 aromatic heterocycles. The van der Waals surface area contributed by atoms with Crippen LogP contribution in [0.15, 0.2) is 122 Å². The standard InChI is InChI=1S/C27H34N6O2S.C26H31FN6OS/c1-20(2)16-29-27(36)32-13-11-31(12-14-32)23-7-9-24(10-8-23)33(18-22-17-28-19-30-22)26(34)21-5-4-6-25(15-21)35-3;1-19(2)15-29-26(35)32-12-10-31(11-13-32)23-6-8-24(9-7-23)33(17-22-16-28-18-30-22)25(34)20-4-3-5-21(27)14-20/h4-10,15,17,19-20H,11-14,16,18H2,1-3H3,(H,28,30)(H,29,36);3-9,14,16,18-19H,10-13,15,17H2,1-2H3,(H,28,30)(H,29,35). The van der Waals surface area contributed by atoms with Gasteiger partial charge in [-0.2, -0.15) is 0 Å². The van der Waals surface area contributed by atoms with Gasteiger partial charge in [-0.15, -0.1) is 0 Å². The van der Waals surface area contributed by atoms with Gasteiger partial charge in [0.1, 0.15) is 11.6 Å². The predicted octanol–water partition coefficient (Wildman–Crippen LogP) is 7.97. The molecule has 374 valence electrons. The summed E-state index contributed by atoms with van der Waals surface area (Å²) in [6.07, 6.45) is 6.61. The third-order valence-electron chi connectivity index (χ3n) is 12.2. The Morgan fingerprint density at radius 3 is 1.44 bits per heavy atom. The largest absolute Gasteiger partial charge is 0.497 e. The number of piperazine rings is 2. The second-order valence-corrected chi connectivity index (χ2v) is 19.1. The van der Waals surface area contributed by atoms with Crippen LogP contribution in [0.1, 0.15) is 59.8 Å². The average molecular weight is 1000 g/mol. The van der Waals surface area contributed by atoms with Gasteiger partial charge in [0.2, 0.25) is 0 Å². The number of anilines is 4. The Morgan fingerprint density at radius 2 is 1.06 bits per heavy atom. The van der Waals surface area contributed by atoms with Crippen molar-refractivity contribution >= 4 is 69.2 Å². The number of aromatic amines is 2. The van der Waals surface area contributed by atoms with E-state index in [4.69, 9.17) is 29.2 Å². The molecule has 71 heavy (non-hydrogen) atoms. The Kier molecular flexibility index (Phi) is 18.4. The highest BCUT2D eigenvalue weighted by atomic mass is 32.1. The Morgan fingerprint density at radius 1 is 0.634 bits per heavy atom. The quantitative estimate of drug-likeness (QED) is 0.0740. The number of nitrogens with one attached hydrogen (secondary N) is 4. The van der Waals surface area contributed by atoms with Crippen molar-refractivity contribution < 1.29 is 18.7 Å². The fraction of sp³-hybridized carbons (Fsp3) is 0.358. The van der Waals surface area contributed by atoms with Crippen LogP contribution < -0.4 is 35.0 Å². The summed E-state index contributed by atoms with van der Waals surface area (Å²) in [5.74, 6) is 0.941. The Hall–Kier alpha value is -7.05. The number of hydrogen-bond acceptors (Lipinski definition) is 9. The first-order valence-corrected chi connectivity index (χ1v) is 24.9. The maximum atomic E-state index is 13.8. The molecule has 4 aromatic carbocycles. The topological polar surface area (TPSA) is 144 Å². The van der Waals surface area contributed by atoms with Crippen molar-refractivity contribution in [2.24, 2.45) is 11.8 Å². The molecule has 4 heterocycles. The van der Waals surface area contributed by atoms with Crippen LogP contribution in [0.2, 0.25) is 0 Å². The number of methoxy groups -OCH3 is 1. The molecule has 8 rings (SSSR count). The van der Waals surface area contributed by atoms with E-state index in [-0.39, 0.29) is 11.8 Å². The first-order chi connectivity index (χ1) is 34.3. The third kappa shape index (κ3) is 14.5. The molecule has 0 aliphatic carbocycles.